The Morgan fingerprint density at radius 3 is 2.67 bits per heavy atom. The second-order valence-corrected chi connectivity index (χ2v) is 5.21. The molecule has 0 unspecified atom stereocenters. The van der Waals surface area contributed by atoms with Gasteiger partial charge in [0, 0.05) is 12.0 Å². The number of aromatic nitrogens is 2. The molecule has 0 aliphatic rings. The first-order chi connectivity index (χ1) is 6.89. The molecule has 15 heavy (non-hydrogen) atoms. The Morgan fingerprint density at radius 1 is 1.53 bits per heavy atom. The van der Waals surface area contributed by atoms with Crippen molar-refractivity contribution < 1.29 is 9.90 Å². The van der Waals surface area contributed by atoms with Crippen LogP contribution in [0.15, 0.2) is 0 Å². The molecule has 5 nitrogen and oxygen atoms in total. The summed E-state index contributed by atoms with van der Waals surface area (Å²) in [5.74, 6) is -0.779. The number of nitrogens with one attached hydrogen (secondary N) is 1. The van der Waals surface area contributed by atoms with Crippen LogP contribution in [0.3, 0.4) is 0 Å². The molecular formula is C9H15N3O2S. The normalized spacial score (nSPS) is 11.4. The summed E-state index contributed by atoms with van der Waals surface area (Å²) in [5, 5.41) is 21.2. The SMILES string of the molecule is Cc1nnc(NC(C)(C)CCC(=O)O)s1. The Hall–Kier alpha value is -1.17. The summed E-state index contributed by atoms with van der Waals surface area (Å²) >= 11 is 1.47. The van der Waals surface area contributed by atoms with E-state index in [-0.39, 0.29) is 12.0 Å². The van der Waals surface area contributed by atoms with E-state index in [0.29, 0.717) is 6.42 Å². The molecule has 1 aromatic heterocycles. The highest BCUT2D eigenvalue weighted by Crippen LogP contribution is 2.22. The zero-order chi connectivity index (χ0) is 11.5. The van der Waals surface area contributed by atoms with Crippen LogP contribution in [0.1, 0.15) is 31.7 Å². The van der Waals surface area contributed by atoms with E-state index in [1.807, 2.05) is 20.8 Å². The third kappa shape index (κ3) is 4.24. The Kier molecular flexibility index (Phi) is 3.62. The highest BCUT2D eigenvalue weighted by atomic mass is 32.1. The van der Waals surface area contributed by atoms with Crippen molar-refractivity contribution in [2.24, 2.45) is 0 Å². The van der Waals surface area contributed by atoms with Crippen molar-refractivity contribution in [2.75, 3.05) is 5.32 Å². The minimum atomic E-state index is -0.779. The lowest BCUT2D eigenvalue weighted by molar-refractivity contribution is -0.137. The van der Waals surface area contributed by atoms with Crippen molar-refractivity contribution in [3.63, 3.8) is 0 Å². The summed E-state index contributed by atoms with van der Waals surface area (Å²) < 4.78 is 0. The molecule has 0 radical (unpaired) electrons. The molecule has 6 heteroatoms. The average molecular weight is 229 g/mol. The Balaban J connectivity index is 2.52. The standard InChI is InChI=1S/C9H15N3O2S/c1-6-11-12-8(15-6)10-9(2,3)5-4-7(13)14/h4-5H2,1-3H3,(H,10,12)(H,13,14). The number of nitrogens with zero attached hydrogens (tertiary/aromatic N) is 2. The molecule has 1 rings (SSSR count). The van der Waals surface area contributed by atoms with Crippen molar-refractivity contribution in [3.05, 3.63) is 5.01 Å². The van der Waals surface area contributed by atoms with Gasteiger partial charge in [-0.05, 0) is 27.2 Å². The van der Waals surface area contributed by atoms with Crippen LogP contribution < -0.4 is 5.32 Å². The molecule has 0 saturated heterocycles. The molecule has 0 spiro atoms. The first-order valence-electron chi connectivity index (χ1n) is 4.69. The van der Waals surface area contributed by atoms with Crippen molar-refractivity contribution in [1.82, 2.24) is 10.2 Å². The van der Waals surface area contributed by atoms with Crippen molar-refractivity contribution in [1.29, 1.82) is 0 Å². The van der Waals surface area contributed by atoms with Crippen LogP contribution >= 0.6 is 11.3 Å². The largest absolute Gasteiger partial charge is 0.481 e. The Bertz CT molecular complexity index is 349. The molecule has 0 aliphatic heterocycles. The molecule has 0 aliphatic carbocycles. The van der Waals surface area contributed by atoms with Gasteiger partial charge in [-0.3, -0.25) is 4.79 Å². The Morgan fingerprint density at radius 2 is 2.20 bits per heavy atom. The predicted octanol–water partition coefficient (Wildman–Crippen LogP) is 1.90. The minimum absolute atomic E-state index is 0.151. The highest BCUT2D eigenvalue weighted by Gasteiger charge is 2.20. The molecule has 1 heterocycles. The van der Waals surface area contributed by atoms with E-state index < -0.39 is 5.97 Å². The molecule has 0 atom stereocenters. The molecule has 2 N–H and O–H groups in total. The zero-order valence-corrected chi connectivity index (χ0v) is 9.89. The van der Waals surface area contributed by atoms with Gasteiger partial charge in [-0.15, -0.1) is 10.2 Å². The Labute approximate surface area is 92.5 Å². The van der Waals surface area contributed by atoms with Crippen LogP contribution in [-0.4, -0.2) is 26.8 Å². The van der Waals surface area contributed by atoms with Crippen LogP contribution in [0.25, 0.3) is 0 Å². The van der Waals surface area contributed by atoms with Gasteiger partial charge in [-0.2, -0.15) is 0 Å². The van der Waals surface area contributed by atoms with Crippen molar-refractivity contribution >= 4 is 22.4 Å². The van der Waals surface area contributed by atoms with E-state index in [2.05, 4.69) is 15.5 Å². The van der Waals surface area contributed by atoms with E-state index >= 15 is 0 Å². The van der Waals surface area contributed by atoms with Gasteiger partial charge < -0.3 is 10.4 Å². The smallest absolute Gasteiger partial charge is 0.303 e. The second-order valence-electron chi connectivity index (χ2n) is 4.03. The lowest BCUT2D eigenvalue weighted by Gasteiger charge is -2.24. The van der Waals surface area contributed by atoms with Crippen LogP contribution in [0.5, 0.6) is 0 Å². The van der Waals surface area contributed by atoms with Gasteiger partial charge in [0.25, 0.3) is 0 Å². The third-order valence-electron chi connectivity index (χ3n) is 1.94. The number of rotatable bonds is 5. The van der Waals surface area contributed by atoms with Gasteiger partial charge in [0.1, 0.15) is 5.01 Å². The van der Waals surface area contributed by atoms with Gasteiger partial charge >= 0.3 is 5.97 Å². The van der Waals surface area contributed by atoms with Gasteiger partial charge in [0.05, 0.1) is 0 Å². The number of aliphatic carboxylic acids is 1. The average Bonchev–Trinajstić information content (AvgIpc) is 2.47. The monoisotopic (exact) mass is 229 g/mol. The lowest BCUT2D eigenvalue weighted by atomic mass is 9.99. The molecule has 0 saturated carbocycles. The molecule has 84 valence electrons. The van der Waals surface area contributed by atoms with Crippen LogP contribution in [0, 0.1) is 6.92 Å². The van der Waals surface area contributed by atoms with Gasteiger partial charge in [0.15, 0.2) is 0 Å². The number of hydrogen-bond donors (Lipinski definition) is 2. The summed E-state index contributed by atoms with van der Waals surface area (Å²) in [4.78, 5) is 10.4. The quantitative estimate of drug-likeness (QED) is 0.806. The summed E-state index contributed by atoms with van der Waals surface area (Å²) in [6.45, 7) is 5.78. The molecule has 0 amide bonds. The first kappa shape index (κ1) is 11.9. The van der Waals surface area contributed by atoms with Crippen molar-refractivity contribution in [3.8, 4) is 0 Å². The maximum Gasteiger partial charge on any atom is 0.303 e. The third-order valence-corrected chi connectivity index (χ3v) is 2.69. The topological polar surface area (TPSA) is 75.1 Å². The summed E-state index contributed by atoms with van der Waals surface area (Å²) in [7, 11) is 0. The highest BCUT2D eigenvalue weighted by molar-refractivity contribution is 7.15. The predicted molar refractivity (Wildman–Crippen MR) is 59.2 cm³/mol. The zero-order valence-electron chi connectivity index (χ0n) is 9.07. The molecule has 0 fully saturated rings. The maximum atomic E-state index is 10.4. The van der Waals surface area contributed by atoms with Gasteiger partial charge in [0.2, 0.25) is 5.13 Å². The van der Waals surface area contributed by atoms with Gasteiger partial charge in [-0.1, -0.05) is 11.3 Å². The fourth-order valence-corrected chi connectivity index (χ4v) is 1.89. The number of carboxylic acids is 1. The summed E-state index contributed by atoms with van der Waals surface area (Å²) in [6.07, 6.45) is 0.707. The fraction of sp³-hybridized carbons (Fsp3) is 0.667. The molecule has 1 aromatic rings. The summed E-state index contributed by atoms with van der Waals surface area (Å²) in [6, 6.07) is 0. The number of anilines is 1. The second kappa shape index (κ2) is 4.57. The lowest BCUT2D eigenvalue weighted by Crippen LogP contribution is -2.31. The van der Waals surface area contributed by atoms with Crippen LogP contribution in [-0.2, 0) is 4.79 Å². The van der Waals surface area contributed by atoms with E-state index in [9.17, 15) is 4.79 Å². The molecule has 0 bridgehead atoms. The number of aryl methyl sites for hydroxylation is 1. The minimum Gasteiger partial charge on any atom is -0.481 e. The van der Waals surface area contributed by atoms with E-state index in [4.69, 9.17) is 5.11 Å². The van der Waals surface area contributed by atoms with Crippen molar-refractivity contribution in [2.45, 2.75) is 39.2 Å². The number of carboxylic acid groups (broad SMARTS) is 1. The van der Waals surface area contributed by atoms with Crippen LogP contribution in [0.2, 0.25) is 0 Å². The fourth-order valence-electron chi connectivity index (χ4n) is 1.12. The maximum absolute atomic E-state index is 10.4. The molecule has 0 aromatic carbocycles. The van der Waals surface area contributed by atoms with Gasteiger partial charge in [-0.25, -0.2) is 0 Å². The number of hydrogen-bond acceptors (Lipinski definition) is 5. The van der Waals surface area contributed by atoms with Crippen LogP contribution in [0.4, 0.5) is 5.13 Å². The van der Waals surface area contributed by atoms with E-state index in [1.165, 1.54) is 11.3 Å². The van der Waals surface area contributed by atoms with E-state index in [0.717, 1.165) is 10.1 Å². The van der Waals surface area contributed by atoms with E-state index in [1.54, 1.807) is 0 Å². The first-order valence-corrected chi connectivity index (χ1v) is 5.51. The number of carbonyl (C=O) groups is 1. The summed E-state index contributed by atoms with van der Waals surface area (Å²) in [5.41, 5.74) is -0.273. The molecular weight excluding hydrogens is 214 g/mol.